The first-order valence-electron chi connectivity index (χ1n) is 12.4. The van der Waals surface area contributed by atoms with Crippen molar-refractivity contribution >= 4 is 5.91 Å². The zero-order valence-electron chi connectivity index (χ0n) is 20.3. The van der Waals surface area contributed by atoms with Gasteiger partial charge in [0, 0.05) is 55.8 Å². The summed E-state index contributed by atoms with van der Waals surface area (Å²) in [7, 11) is 0. The number of benzene rings is 3. The molecule has 2 aliphatic rings. The van der Waals surface area contributed by atoms with Gasteiger partial charge in [0.2, 0.25) is 11.8 Å². The number of piperazine rings is 1. The average molecular weight is 481 g/mol. The second kappa shape index (κ2) is 9.59. The zero-order chi connectivity index (χ0) is 24.5. The molecule has 36 heavy (non-hydrogen) atoms. The Balaban J connectivity index is 1.06. The van der Waals surface area contributed by atoms with E-state index in [1.165, 1.54) is 11.1 Å². The quantitative estimate of drug-likeness (QED) is 0.416. The smallest absolute Gasteiger partial charge is 0.253 e. The Kier molecular flexibility index (Phi) is 5.99. The van der Waals surface area contributed by atoms with E-state index in [9.17, 15) is 4.79 Å². The van der Waals surface area contributed by atoms with Crippen molar-refractivity contribution in [2.24, 2.45) is 0 Å². The van der Waals surface area contributed by atoms with Crippen LogP contribution in [0.5, 0.6) is 5.75 Å². The van der Waals surface area contributed by atoms with E-state index in [1.54, 1.807) is 0 Å². The topological polar surface area (TPSA) is 71.7 Å². The first-order valence-corrected chi connectivity index (χ1v) is 12.4. The number of fused-ring (bicyclic) bond motifs is 1. The molecule has 7 heteroatoms. The summed E-state index contributed by atoms with van der Waals surface area (Å²) in [6, 6.07) is 21.9. The third kappa shape index (κ3) is 4.62. The van der Waals surface area contributed by atoms with E-state index in [4.69, 9.17) is 9.15 Å². The average Bonchev–Trinajstić information content (AvgIpc) is 3.59. The van der Waals surface area contributed by atoms with Crippen molar-refractivity contribution in [3.05, 3.63) is 89.0 Å². The minimum absolute atomic E-state index is 0.0573. The summed E-state index contributed by atoms with van der Waals surface area (Å²) >= 11 is 0. The van der Waals surface area contributed by atoms with E-state index in [-0.39, 0.29) is 5.91 Å². The van der Waals surface area contributed by atoms with Crippen molar-refractivity contribution in [3.8, 4) is 28.7 Å². The zero-order valence-corrected chi connectivity index (χ0v) is 20.3. The molecule has 2 aliphatic heterocycles. The van der Waals surface area contributed by atoms with Crippen LogP contribution >= 0.6 is 0 Å². The van der Waals surface area contributed by atoms with Crippen LogP contribution in [0.15, 0.2) is 71.1 Å². The molecule has 1 fully saturated rings. The van der Waals surface area contributed by atoms with Crippen molar-refractivity contribution in [2.75, 3.05) is 32.8 Å². The Morgan fingerprint density at radius 2 is 1.67 bits per heavy atom. The molecule has 0 atom stereocenters. The number of rotatable bonds is 5. The third-order valence-corrected chi connectivity index (χ3v) is 6.89. The van der Waals surface area contributed by atoms with Crippen LogP contribution in [0.3, 0.4) is 0 Å². The van der Waals surface area contributed by atoms with Crippen LogP contribution < -0.4 is 4.74 Å². The highest BCUT2D eigenvalue weighted by atomic mass is 16.5. The highest BCUT2D eigenvalue weighted by molar-refractivity contribution is 5.94. The molecule has 0 aliphatic carbocycles. The molecule has 182 valence electrons. The fourth-order valence-electron chi connectivity index (χ4n) is 4.88. The van der Waals surface area contributed by atoms with Gasteiger partial charge in [-0.25, -0.2) is 0 Å². The molecular formula is C29H28N4O3. The fourth-order valence-corrected chi connectivity index (χ4v) is 4.88. The van der Waals surface area contributed by atoms with Crippen LogP contribution in [0.1, 0.15) is 27.0 Å². The normalized spacial score (nSPS) is 15.5. The van der Waals surface area contributed by atoms with E-state index in [1.807, 2.05) is 60.4 Å². The molecule has 1 saturated heterocycles. The molecular weight excluding hydrogens is 452 g/mol. The Morgan fingerprint density at radius 3 is 2.44 bits per heavy atom. The van der Waals surface area contributed by atoms with Crippen LogP contribution in [0.4, 0.5) is 0 Å². The minimum Gasteiger partial charge on any atom is -0.493 e. The number of hydrogen-bond donors (Lipinski definition) is 0. The maximum Gasteiger partial charge on any atom is 0.253 e. The molecule has 6 rings (SSSR count). The summed E-state index contributed by atoms with van der Waals surface area (Å²) in [6.45, 7) is 6.88. The number of aryl methyl sites for hydroxylation is 1. The SMILES string of the molecule is Cc1cccc(-c2nnc(-c3ccc(C(=O)N4CCN(Cc5ccc6c(c5)CCO6)CC4)cc3)o2)c1. The fraction of sp³-hybridized carbons (Fsp3) is 0.276. The van der Waals surface area contributed by atoms with Gasteiger partial charge in [-0.2, -0.15) is 0 Å². The predicted octanol–water partition coefficient (Wildman–Crippen LogP) is 4.60. The molecule has 0 unspecified atom stereocenters. The van der Waals surface area contributed by atoms with Crippen molar-refractivity contribution in [1.82, 2.24) is 20.0 Å². The Labute approximate surface area is 210 Å². The van der Waals surface area contributed by atoms with Gasteiger partial charge in [-0.05, 0) is 60.5 Å². The number of nitrogens with zero attached hydrogens (tertiary/aromatic N) is 4. The van der Waals surface area contributed by atoms with Gasteiger partial charge >= 0.3 is 0 Å². The largest absolute Gasteiger partial charge is 0.493 e. The number of amides is 1. The first kappa shape index (κ1) is 22.5. The van der Waals surface area contributed by atoms with Gasteiger partial charge in [-0.1, -0.05) is 29.8 Å². The summed E-state index contributed by atoms with van der Waals surface area (Å²) < 4.78 is 11.5. The minimum atomic E-state index is 0.0573. The maximum atomic E-state index is 13.1. The van der Waals surface area contributed by atoms with Crippen molar-refractivity contribution in [3.63, 3.8) is 0 Å². The molecule has 0 spiro atoms. The highest BCUT2D eigenvalue weighted by Crippen LogP contribution is 2.27. The lowest BCUT2D eigenvalue weighted by atomic mass is 10.1. The monoisotopic (exact) mass is 480 g/mol. The van der Waals surface area contributed by atoms with Crippen LogP contribution in [-0.4, -0.2) is 58.7 Å². The van der Waals surface area contributed by atoms with Gasteiger partial charge in [-0.3, -0.25) is 9.69 Å². The number of carbonyl (C=O) groups is 1. The first-order chi connectivity index (χ1) is 17.6. The molecule has 1 aromatic heterocycles. The summed E-state index contributed by atoms with van der Waals surface area (Å²) in [5, 5.41) is 8.38. The molecule has 0 bridgehead atoms. The molecule has 0 radical (unpaired) electrons. The lowest BCUT2D eigenvalue weighted by Crippen LogP contribution is -2.48. The van der Waals surface area contributed by atoms with E-state index in [0.29, 0.717) is 17.3 Å². The second-order valence-electron chi connectivity index (χ2n) is 9.47. The molecule has 0 N–H and O–H groups in total. The number of aromatic nitrogens is 2. The number of carbonyl (C=O) groups excluding carboxylic acids is 1. The second-order valence-corrected chi connectivity index (χ2v) is 9.47. The maximum absolute atomic E-state index is 13.1. The Morgan fingerprint density at radius 1 is 0.889 bits per heavy atom. The molecule has 1 amide bonds. The lowest BCUT2D eigenvalue weighted by molar-refractivity contribution is 0.0628. The van der Waals surface area contributed by atoms with Gasteiger partial charge in [0.05, 0.1) is 6.61 Å². The molecule has 0 saturated carbocycles. The summed E-state index contributed by atoms with van der Waals surface area (Å²) in [6.07, 6.45) is 0.991. The Bertz CT molecular complexity index is 1390. The Hall–Kier alpha value is -3.97. The van der Waals surface area contributed by atoms with Crippen molar-refractivity contribution in [1.29, 1.82) is 0 Å². The number of ether oxygens (including phenoxy) is 1. The summed E-state index contributed by atoms with van der Waals surface area (Å²) in [4.78, 5) is 17.4. The molecule has 7 nitrogen and oxygen atoms in total. The highest BCUT2D eigenvalue weighted by Gasteiger charge is 2.23. The third-order valence-electron chi connectivity index (χ3n) is 6.89. The van der Waals surface area contributed by atoms with Gasteiger partial charge in [0.15, 0.2) is 0 Å². The standard InChI is InChI=1S/C29H28N4O3/c1-20-3-2-4-25(17-20)28-31-30-27(36-28)22-6-8-23(9-7-22)29(34)33-14-12-32(13-15-33)19-21-5-10-26-24(18-21)11-16-35-26/h2-10,17-18H,11-16,19H2,1H3. The van der Waals surface area contributed by atoms with E-state index < -0.39 is 0 Å². The molecule has 3 aromatic carbocycles. The van der Waals surface area contributed by atoms with Crippen LogP contribution in [0.25, 0.3) is 22.9 Å². The van der Waals surface area contributed by atoms with Crippen LogP contribution in [0, 0.1) is 6.92 Å². The summed E-state index contributed by atoms with van der Waals surface area (Å²) in [5.74, 6) is 2.00. The predicted molar refractivity (Wildman–Crippen MR) is 137 cm³/mol. The van der Waals surface area contributed by atoms with Gasteiger partial charge < -0.3 is 14.1 Å². The molecule has 4 aromatic rings. The van der Waals surface area contributed by atoms with E-state index in [0.717, 1.165) is 68.2 Å². The van der Waals surface area contributed by atoms with Gasteiger partial charge in [0.1, 0.15) is 5.75 Å². The van der Waals surface area contributed by atoms with Gasteiger partial charge in [0.25, 0.3) is 5.91 Å². The van der Waals surface area contributed by atoms with Crippen molar-refractivity contribution < 1.29 is 13.9 Å². The van der Waals surface area contributed by atoms with Crippen LogP contribution in [-0.2, 0) is 13.0 Å². The number of hydrogen-bond acceptors (Lipinski definition) is 6. The molecule has 3 heterocycles. The van der Waals surface area contributed by atoms with E-state index in [2.05, 4.69) is 33.3 Å². The summed E-state index contributed by atoms with van der Waals surface area (Å²) in [5.41, 5.74) is 6.10. The van der Waals surface area contributed by atoms with E-state index >= 15 is 0 Å². The van der Waals surface area contributed by atoms with Crippen molar-refractivity contribution in [2.45, 2.75) is 19.9 Å². The lowest BCUT2D eigenvalue weighted by Gasteiger charge is -2.34. The van der Waals surface area contributed by atoms with Gasteiger partial charge in [-0.15, -0.1) is 10.2 Å². The van der Waals surface area contributed by atoms with Crippen LogP contribution in [0.2, 0.25) is 0 Å².